The standard InChI is InChI=1S/C12H23N3O/c1-5-14(3)10-7-11-15(4)12(16)8-6-9-13-2/h6,8-9H,5,7,10-11H2,1-4H3/b8-6+,13-9-. The Morgan fingerprint density at radius 1 is 1.31 bits per heavy atom. The van der Waals surface area contributed by atoms with E-state index in [2.05, 4.69) is 23.9 Å². The van der Waals surface area contributed by atoms with E-state index in [1.807, 2.05) is 7.05 Å². The second-order valence-electron chi connectivity index (χ2n) is 3.78. The first-order valence-electron chi connectivity index (χ1n) is 5.64. The quantitative estimate of drug-likeness (QED) is 0.479. The normalized spacial score (nSPS) is 11.8. The molecular weight excluding hydrogens is 202 g/mol. The third kappa shape index (κ3) is 7.17. The summed E-state index contributed by atoms with van der Waals surface area (Å²) in [4.78, 5) is 19.3. The molecule has 0 aromatic rings. The van der Waals surface area contributed by atoms with E-state index >= 15 is 0 Å². The van der Waals surface area contributed by atoms with Crippen molar-refractivity contribution in [1.82, 2.24) is 9.80 Å². The minimum atomic E-state index is 0.0269. The summed E-state index contributed by atoms with van der Waals surface area (Å²) in [6, 6.07) is 0. The SMILES string of the molecule is CCN(C)CCCN(C)C(=O)/C=C/C=N\C. The molecule has 0 rings (SSSR count). The highest BCUT2D eigenvalue weighted by Gasteiger charge is 2.04. The maximum atomic E-state index is 11.5. The van der Waals surface area contributed by atoms with Crippen molar-refractivity contribution in [1.29, 1.82) is 0 Å². The number of hydrogen-bond acceptors (Lipinski definition) is 3. The highest BCUT2D eigenvalue weighted by Crippen LogP contribution is 1.92. The van der Waals surface area contributed by atoms with Crippen molar-refractivity contribution in [2.75, 3.05) is 40.8 Å². The summed E-state index contributed by atoms with van der Waals surface area (Å²) in [6.45, 7) is 4.98. The Morgan fingerprint density at radius 3 is 2.56 bits per heavy atom. The summed E-state index contributed by atoms with van der Waals surface area (Å²) >= 11 is 0. The lowest BCUT2D eigenvalue weighted by Gasteiger charge is -2.18. The Hall–Kier alpha value is -1.16. The van der Waals surface area contributed by atoms with Crippen LogP contribution >= 0.6 is 0 Å². The smallest absolute Gasteiger partial charge is 0.246 e. The van der Waals surface area contributed by atoms with E-state index in [9.17, 15) is 4.79 Å². The van der Waals surface area contributed by atoms with Gasteiger partial charge in [0.1, 0.15) is 0 Å². The van der Waals surface area contributed by atoms with Gasteiger partial charge >= 0.3 is 0 Å². The molecule has 0 saturated carbocycles. The second kappa shape index (κ2) is 9.09. The van der Waals surface area contributed by atoms with Crippen molar-refractivity contribution in [3.63, 3.8) is 0 Å². The van der Waals surface area contributed by atoms with Gasteiger partial charge in [-0.1, -0.05) is 6.92 Å². The molecule has 4 nitrogen and oxygen atoms in total. The van der Waals surface area contributed by atoms with Gasteiger partial charge in [-0.2, -0.15) is 0 Å². The maximum absolute atomic E-state index is 11.5. The number of carbonyl (C=O) groups excluding carboxylic acids is 1. The summed E-state index contributed by atoms with van der Waals surface area (Å²) in [5.41, 5.74) is 0. The molecule has 0 atom stereocenters. The van der Waals surface area contributed by atoms with Crippen molar-refractivity contribution in [2.24, 2.45) is 4.99 Å². The molecule has 0 aromatic carbocycles. The molecule has 1 amide bonds. The Morgan fingerprint density at radius 2 is 2.00 bits per heavy atom. The summed E-state index contributed by atoms with van der Waals surface area (Å²) in [5, 5.41) is 0. The molecule has 0 aliphatic heterocycles. The predicted octanol–water partition coefficient (Wildman–Crippen LogP) is 1.04. The van der Waals surface area contributed by atoms with Crippen LogP contribution in [0.5, 0.6) is 0 Å². The summed E-state index contributed by atoms with van der Waals surface area (Å²) in [5.74, 6) is 0.0269. The lowest BCUT2D eigenvalue weighted by Crippen LogP contribution is -2.29. The van der Waals surface area contributed by atoms with E-state index in [0.29, 0.717) is 0 Å². The highest BCUT2D eigenvalue weighted by molar-refractivity contribution is 5.91. The van der Waals surface area contributed by atoms with Crippen LogP contribution in [0.15, 0.2) is 17.1 Å². The molecule has 0 aromatic heterocycles. The van der Waals surface area contributed by atoms with Gasteiger partial charge in [-0.3, -0.25) is 9.79 Å². The van der Waals surface area contributed by atoms with Crippen LogP contribution in [-0.2, 0) is 4.79 Å². The van der Waals surface area contributed by atoms with Gasteiger partial charge in [-0.05, 0) is 32.6 Å². The van der Waals surface area contributed by atoms with Crippen molar-refractivity contribution < 1.29 is 4.79 Å². The van der Waals surface area contributed by atoms with E-state index in [-0.39, 0.29) is 5.91 Å². The number of likely N-dealkylation sites (N-methyl/N-ethyl adjacent to an activating group) is 1. The Balaban J connectivity index is 3.79. The van der Waals surface area contributed by atoms with Crippen molar-refractivity contribution >= 4 is 12.1 Å². The topological polar surface area (TPSA) is 35.9 Å². The van der Waals surface area contributed by atoms with Crippen LogP contribution in [0.3, 0.4) is 0 Å². The minimum Gasteiger partial charge on any atom is -0.342 e. The Kier molecular flexibility index (Phi) is 8.43. The maximum Gasteiger partial charge on any atom is 0.246 e. The zero-order chi connectivity index (χ0) is 12.4. The first-order chi connectivity index (χ1) is 7.61. The number of carbonyl (C=O) groups is 1. The molecule has 0 radical (unpaired) electrons. The summed E-state index contributed by atoms with van der Waals surface area (Å²) in [7, 11) is 5.58. The van der Waals surface area contributed by atoms with Crippen molar-refractivity contribution in [3.8, 4) is 0 Å². The number of hydrogen-bond donors (Lipinski definition) is 0. The molecule has 92 valence electrons. The van der Waals surface area contributed by atoms with Gasteiger partial charge in [0, 0.05) is 32.9 Å². The lowest BCUT2D eigenvalue weighted by atomic mass is 10.3. The fraction of sp³-hybridized carbons (Fsp3) is 0.667. The number of nitrogens with zero attached hydrogens (tertiary/aromatic N) is 3. The van der Waals surface area contributed by atoms with Crippen LogP contribution in [0.1, 0.15) is 13.3 Å². The van der Waals surface area contributed by atoms with Crippen molar-refractivity contribution in [2.45, 2.75) is 13.3 Å². The van der Waals surface area contributed by atoms with E-state index in [1.165, 1.54) is 6.08 Å². The van der Waals surface area contributed by atoms with Gasteiger partial charge in [-0.15, -0.1) is 0 Å². The van der Waals surface area contributed by atoms with Gasteiger partial charge in [0.2, 0.25) is 5.91 Å². The van der Waals surface area contributed by atoms with E-state index in [1.54, 1.807) is 24.2 Å². The van der Waals surface area contributed by atoms with Gasteiger partial charge < -0.3 is 9.80 Å². The molecule has 0 unspecified atom stereocenters. The summed E-state index contributed by atoms with van der Waals surface area (Å²) < 4.78 is 0. The first kappa shape index (κ1) is 14.8. The van der Waals surface area contributed by atoms with Gasteiger partial charge in [-0.25, -0.2) is 0 Å². The third-order valence-corrected chi connectivity index (χ3v) is 2.42. The zero-order valence-electron chi connectivity index (χ0n) is 10.8. The van der Waals surface area contributed by atoms with Gasteiger partial charge in [0.05, 0.1) is 0 Å². The molecule has 0 aliphatic rings. The molecule has 4 heteroatoms. The van der Waals surface area contributed by atoms with Crippen LogP contribution in [0.2, 0.25) is 0 Å². The fourth-order valence-electron chi connectivity index (χ4n) is 1.18. The molecule has 0 spiro atoms. The Bertz CT molecular complexity index is 249. The van der Waals surface area contributed by atoms with E-state index in [0.717, 1.165) is 26.1 Å². The van der Waals surface area contributed by atoms with Crippen LogP contribution < -0.4 is 0 Å². The molecule has 0 saturated heterocycles. The number of allylic oxidation sites excluding steroid dienone is 1. The van der Waals surface area contributed by atoms with Gasteiger partial charge in [0.15, 0.2) is 0 Å². The predicted molar refractivity (Wildman–Crippen MR) is 69.0 cm³/mol. The van der Waals surface area contributed by atoms with Crippen LogP contribution in [0.4, 0.5) is 0 Å². The first-order valence-corrected chi connectivity index (χ1v) is 5.64. The number of aliphatic imine (C=N–C) groups is 1. The minimum absolute atomic E-state index is 0.0269. The van der Waals surface area contributed by atoms with Gasteiger partial charge in [0.25, 0.3) is 0 Å². The second-order valence-corrected chi connectivity index (χ2v) is 3.78. The monoisotopic (exact) mass is 225 g/mol. The average molecular weight is 225 g/mol. The molecule has 0 aliphatic carbocycles. The molecule has 16 heavy (non-hydrogen) atoms. The number of amides is 1. The largest absolute Gasteiger partial charge is 0.342 e. The highest BCUT2D eigenvalue weighted by atomic mass is 16.2. The average Bonchev–Trinajstić information content (AvgIpc) is 2.28. The molecule has 0 fully saturated rings. The molecule has 0 N–H and O–H groups in total. The van der Waals surface area contributed by atoms with Crippen LogP contribution in [0, 0.1) is 0 Å². The molecular formula is C12H23N3O. The van der Waals surface area contributed by atoms with E-state index in [4.69, 9.17) is 0 Å². The van der Waals surface area contributed by atoms with E-state index < -0.39 is 0 Å². The Labute approximate surface area is 98.6 Å². The zero-order valence-corrected chi connectivity index (χ0v) is 10.8. The lowest BCUT2D eigenvalue weighted by molar-refractivity contribution is -0.124. The fourth-order valence-corrected chi connectivity index (χ4v) is 1.18. The van der Waals surface area contributed by atoms with Crippen molar-refractivity contribution in [3.05, 3.63) is 12.2 Å². The molecule has 0 bridgehead atoms. The van der Waals surface area contributed by atoms with Crippen LogP contribution in [0.25, 0.3) is 0 Å². The van der Waals surface area contributed by atoms with Crippen LogP contribution in [-0.4, -0.2) is 62.7 Å². The number of rotatable bonds is 7. The summed E-state index contributed by atoms with van der Waals surface area (Å²) in [6.07, 6.45) is 5.81. The molecule has 0 heterocycles. The third-order valence-electron chi connectivity index (χ3n) is 2.42.